The van der Waals surface area contributed by atoms with Crippen LogP contribution in [0.2, 0.25) is 0 Å². The lowest BCUT2D eigenvalue weighted by atomic mass is 10.2. The fourth-order valence-corrected chi connectivity index (χ4v) is 2.48. The standard InChI is InChI=1S/C18H32N8O.HI/c1-5-19-18(21-7-6-10-27-12-14(2)3)22-9-8-20-16-15-11-25-26(4)17(15)24-13-23-16;/h11,13-14H,5-10,12H2,1-4H3,(H2,19,21,22)(H,20,23,24);1H. The minimum atomic E-state index is 0. The second-order valence-electron chi connectivity index (χ2n) is 6.66. The van der Waals surface area contributed by atoms with E-state index in [1.54, 1.807) is 17.2 Å². The molecule has 3 N–H and O–H groups in total. The van der Waals surface area contributed by atoms with Crippen molar-refractivity contribution in [2.45, 2.75) is 27.2 Å². The van der Waals surface area contributed by atoms with Gasteiger partial charge in [-0.25, -0.2) is 9.97 Å². The van der Waals surface area contributed by atoms with E-state index in [2.05, 4.69) is 56.8 Å². The largest absolute Gasteiger partial charge is 0.381 e. The van der Waals surface area contributed by atoms with Crippen molar-refractivity contribution in [1.82, 2.24) is 30.4 Å². The molecule has 2 aromatic heterocycles. The summed E-state index contributed by atoms with van der Waals surface area (Å²) in [5, 5.41) is 15.0. The van der Waals surface area contributed by atoms with Crippen molar-refractivity contribution in [3.8, 4) is 0 Å². The number of fused-ring (bicyclic) bond motifs is 1. The Morgan fingerprint density at radius 3 is 2.82 bits per heavy atom. The Balaban J connectivity index is 0.00000392. The lowest BCUT2D eigenvalue weighted by Gasteiger charge is -2.12. The Morgan fingerprint density at radius 1 is 1.25 bits per heavy atom. The van der Waals surface area contributed by atoms with Crippen molar-refractivity contribution in [3.63, 3.8) is 0 Å². The van der Waals surface area contributed by atoms with Crippen LogP contribution in [0.1, 0.15) is 27.2 Å². The number of aliphatic imine (C=N–C) groups is 1. The highest BCUT2D eigenvalue weighted by Gasteiger charge is 2.07. The van der Waals surface area contributed by atoms with Crippen LogP contribution in [-0.4, -0.2) is 65.1 Å². The van der Waals surface area contributed by atoms with Crippen LogP contribution in [0.25, 0.3) is 11.0 Å². The summed E-state index contributed by atoms with van der Waals surface area (Å²) < 4.78 is 7.32. The van der Waals surface area contributed by atoms with Crippen molar-refractivity contribution >= 4 is 46.8 Å². The first-order chi connectivity index (χ1) is 13.1. The number of rotatable bonds is 11. The summed E-state index contributed by atoms with van der Waals surface area (Å²) in [5.74, 6) is 2.18. The van der Waals surface area contributed by atoms with E-state index in [1.807, 2.05) is 7.05 Å². The smallest absolute Gasteiger partial charge is 0.191 e. The molecule has 0 saturated heterocycles. The lowest BCUT2D eigenvalue weighted by molar-refractivity contribution is 0.109. The molecule has 0 bridgehead atoms. The number of hydrogen-bond acceptors (Lipinski definition) is 6. The highest BCUT2D eigenvalue weighted by atomic mass is 127. The number of guanidine groups is 1. The number of anilines is 1. The third-order valence-corrected chi connectivity index (χ3v) is 3.75. The van der Waals surface area contributed by atoms with Crippen LogP contribution in [0, 0.1) is 5.92 Å². The molecule has 0 spiro atoms. The minimum Gasteiger partial charge on any atom is -0.381 e. The van der Waals surface area contributed by atoms with Gasteiger partial charge >= 0.3 is 0 Å². The molecule has 158 valence electrons. The third-order valence-electron chi connectivity index (χ3n) is 3.75. The second kappa shape index (κ2) is 13.5. The van der Waals surface area contributed by atoms with Gasteiger partial charge in [0.25, 0.3) is 0 Å². The summed E-state index contributed by atoms with van der Waals surface area (Å²) in [4.78, 5) is 13.1. The SMILES string of the molecule is CCNC(=NCCCOCC(C)C)NCCNc1ncnc2c1cnn2C.I. The first-order valence-electron chi connectivity index (χ1n) is 9.58. The van der Waals surface area contributed by atoms with E-state index < -0.39 is 0 Å². The molecule has 0 fully saturated rings. The van der Waals surface area contributed by atoms with Gasteiger partial charge in [-0.15, -0.1) is 24.0 Å². The Morgan fingerprint density at radius 2 is 2.07 bits per heavy atom. The monoisotopic (exact) mass is 504 g/mol. The van der Waals surface area contributed by atoms with Crippen molar-refractivity contribution in [2.75, 3.05) is 44.7 Å². The van der Waals surface area contributed by atoms with E-state index >= 15 is 0 Å². The van der Waals surface area contributed by atoms with Crippen LogP contribution in [0.3, 0.4) is 0 Å². The average Bonchev–Trinajstić information content (AvgIpc) is 3.03. The Bertz CT molecular complexity index is 719. The van der Waals surface area contributed by atoms with E-state index in [-0.39, 0.29) is 24.0 Å². The van der Waals surface area contributed by atoms with Gasteiger partial charge in [-0.2, -0.15) is 5.10 Å². The molecule has 0 aromatic carbocycles. The molecule has 0 saturated carbocycles. The van der Waals surface area contributed by atoms with E-state index in [0.717, 1.165) is 62.1 Å². The Hall–Kier alpha value is -1.69. The van der Waals surface area contributed by atoms with Crippen molar-refractivity contribution in [2.24, 2.45) is 18.0 Å². The zero-order valence-electron chi connectivity index (χ0n) is 17.2. The van der Waals surface area contributed by atoms with Crippen LogP contribution in [0.15, 0.2) is 17.5 Å². The van der Waals surface area contributed by atoms with Crippen molar-refractivity contribution in [3.05, 3.63) is 12.5 Å². The molecule has 2 rings (SSSR count). The number of halogens is 1. The zero-order valence-corrected chi connectivity index (χ0v) is 19.6. The van der Waals surface area contributed by atoms with E-state index in [0.29, 0.717) is 12.5 Å². The minimum absolute atomic E-state index is 0. The predicted octanol–water partition coefficient (Wildman–Crippen LogP) is 2.01. The number of ether oxygens (including phenoxy) is 1. The highest BCUT2D eigenvalue weighted by molar-refractivity contribution is 14.0. The van der Waals surface area contributed by atoms with Gasteiger partial charge in [0.15, 0.2) is 11.6 Å². The van der Waals surface area contributed by atoms with Crippen molar-refractivity contribution < 1.29 is 4.74 Å². The van der Waals surface area contributed by atoms with E-state index in [1.165, 1.54) is 0 Å². The first-order valence-corrected chi connectivity index (χ1v) is 9.58. The molecule has 2 aromatic rings. The average molecular weight is 504 g/mol. The number of aromatic nitrogens is 4. The number of aryl methyl sites for hydroxylation is 1. The van der Waals surface area contributed by atoms with Crippen LogP contribution in [0.5, 0.6) is 0 Å². The Labute approximate surface area is 184 Å². The topological polar surface area (TPSA) is 101 Å². The number of hydrogen-bond donors (Lipinski definition) is 3. The summed E-state index contributed by atoms with van der Waals surface area (Å²) in [5.41, 5.74) is 0.815. The molecule has 2 heterocycles. The number of nitrogens with one attached hydrogen (secondary N) is 3. The second-order valence-corrected chi connectivity index (χ2v) is 6.66. The molecular weight excluding hydrogens is 471 g/mol. The van der Waals surface area contributed by atoms with Gasteiger partial charge in [-0.05, 0) is 19.3 Å². The van der Waals surface area contributed by atoms with Crippen LogP contribution in [-0.2, 0) is 11.8 Å². The molecule has 10 heteroatoms. The van der Waals surface area contributed by atoms with Crippen molar-refractivity contribution in [1.29, 1.82) is 0 Å². The molecule has 0 atom stereocenters. The molecule has 0 unspecified atom stereocenters. The first kappa shape index (κ1) is 24.3. The summed E-state index contributed by atoms with van der Waals surface area (Å²) in [6.45, 7) is 10.9. The van der Waals surface area contributed by atoms with Gasteiger partial charge < -0.3 is 20.7 Å². The fraction of sp³-hybridized carbons (Fsp3) is 0.667. The lowest BCUT2D eigenvalue weighted by Crippen LogP contribution is -2.39. The number of nitrogens with zero attached hydrogens (tertiary/aromatic N) is 5. The highest BCUT2D eigenvalue weighted by Crippen LogP contribution is 2.16. The summed E-state index contributed by atoms with van der Waals surface area (Å²) in [7, 11) is 1.87. The third kappa shape index (κ3) is 8.13. The maximum absolute atomic E-state index is 5.58. The van der Waals surface area contributed by atoms with Gasteiger partial charge in [0.2, 0.25) is 0 Å². The van der Waals surface area contributed by atoms with Gasteiger partial charge in [-0.1, -0.05) is 13.8 Å². The van der Waals surface area contributed by atoms with Gasteiger partial charge in [-0.3, -0.25) is 9.67 Å². The normalized spacial score (nSPS) is 11.5. The molecule has 0 amide bonds. The maximum Gasteiger partial charge on any atom is 0.191 e. The van der Waals surface area contributed by atoms with E-state index in [9.17, 15) is 0 Å². The maximum atomic E-state index is 5.58. The molecule has 0 aliphatic heterocycles. The quantitative estimate of drug-likeness (QED) is 0.186. The zero-order chi connectivity index (χ0) is 19.5. The molecule has 28 heavy (non-hydrogen) atoms. The molecule has 0 radical (unpaired) electrons. The summed E-state index contributed by atoms with van der Waals surface area (Å²) in [6, 6.07) is 0. The van der Waals surface area contributed by atoms with Gasteiger partial charge in [0.1, 0.15) is 12.1 Å². The van der Waals surface area contributed by atoms with Crippen LogP contribution in [0.4, 0.5) is 5.82 Å². The molecular formula is C18H33IN8O. The Kier molecular flexibility index (Phi) is 11.7. The predicted molar refractivity (Wildman–Crippen MR) is 124 cm³/mol. The fourth-order valence-electron chi connectivity index (χ4n) is 2.48. The van der Waals surface area contributed by atoms with Crippen LogP contribution >= 0.6 is 24.0 Å². The van der Waals surface area contributed by atoms with Gasteiger partial charge in [0, 0.05) is 46.4 Å². The summed E-state index contributed by atoms with van der Waals surface area (Å²) in [6.07, 6.45) is 4.24. The van der Waals surface area contributed by atoms with E-state index in [4.69, 9.17) is 4.74 Å². The molecule has 0 aliphatic carbocycles. The summed E-state index contributed by atoms with van der Waals surface area (Å²) >= 11 is 0. The van der Waals surface area contributed by atoms with Gasteiger partial charge in [0.05, 0.1) is 11.6 Å². The van der Waals surface area contributed by atoms with Crippen LogP contribution < -0.4 is 16.0 Å². The molecule has 9 nitrogen and oxygen atoms in total. The molecule has 0 aliphatic rings.